The molecule has 0 aliphatic carbocycles. The van der Waals surface area contributed by atoms with Crippen LogP contribution in [0.15, 0.2) is 11.6 Å². The van der Waals surface area contributed by atoms with Crippen molar-refractivity contribution < 1.29 is 0 Å². The summed E-state index contributed by atoms with van der Waals surface area (Å²) in [4.78, 5) is 2.26. The zero-order valence-electron chi connectivity index (χ0n) is 11.8. The van der Waals surface area contributed by atoms with E-state index in [1.165, 1.54) is 42.9 Å². The molecule has 0 aliphatic rings. The molecular weight excluding hydrogens is 214 g/mol. The van der Waals surface area contributed by atoms with Gasteiger partial charge in [-0.3, -0.25) is 0 Å². The zero-order chi connectivity index (χ0) is 12.4. The molecule has 0 aromatic rings. The number of thioether (sulfide) groups is 1. The van der Waals surface area contributed by atoms with Crippen molar-refractivity contribution in [1.29, 1.82) is 0 Å². The van der Waals surface area contributed by atoms with E-state index in [1.807, 2.05) is 0 Å². The molecule has 1 unspecified atom stereocenters. The molecule has 0 aromatic heterocycles. The van der Waals surface area contributed by atoms with Crippen LogP contribution < -0.4 is 0 Å². The maximum atomic E-state index is 2.38. The molecule has 0 rings (SSSR count). The lowest BCUT2D eigenvalue weighted by Gasteiger charge is -2.11. The first-order valence-electron chi connectivity index (χ1n) is 6.38. The van der Waals surface area contributed by atoms with Gasteiger partial charge in [0, 0.05) is 12.3 Å². The summed E-state index contributed by atoms with van der Waals surface area (Å²) in [7, 11) is 4.28. The molecule has 96 valence electrons. The van der Waals surface area contributed by atoms with E-state index in [9.17, 15) is 0 Å². The Morgan fingerprint density at radius 2 is 1.88 bits per heavy atom. The topological polar surface area (TPSA) is 3.24 Å². The highest BCUT2D eigenvalue weighted by Gasteiger charge is 2.01. The lowest BCUT2D eigenvalue weighted by Crippen LogP contribution is -2.15. The summed E-state index contributed by atoms with van der Waals surface area (Å²) in [5.74, 6) is 3.47. The van der Waals surface area contributed by atoms with Crippen LogP contribution in [0.1, 0.15) is 40.0 Å². The smallest absolute Gasteiger partial charge is 0.00662 e. The van der Waals surface area contributed by atoms with Gasteiger partial charge in [0.15, 0.2) is 0 Å². The third-order valence-corrected chi connectivity index (χ3v) is 3.65. The Kier molecular flexibility index (Phi) is 10.3. The van der Waals surface area contributed by atoms with Gasteiger partial charge in [0.1, 0.15) is 0 Å². The van der Waals surface area contributed by atoms with E-state index in [4.69, 9.17) is 0 Å². The van der Waals surface area contributed by atoms with Crippen molar-refractivity contribution >= 4 is 11.8 Å². The predicted octanol–water partition coefficient (Wildman–Crippen LogP) is 4.05. The monoisotopic (exact) mass is 243 g/mol. The van der Waals surface area contributed by atoms with Gasteiger partial charge in [-0.05, 0) is 58.9 Å². The Morgan fingerprint density at radius 1 is 1.19 bits per heavy atom. The fourth-order valence-corrected chi connectivity index (χ4v) is 2.70. The van der Waals surface area contributed by atoms with Crippen LogP contribution in [-0.2, 0) is 0 Å². The van der Waals surface area contributed by atoms with Gasteiger partial charge in [0.25, 0.3) is 0 Å². The normalized spacial score (nSPS) is 12.9. The summed E-state index contributed by atoms with van der Waals surface area (Å²) in [5, 5.41) is 0. The Labute approximate surface area is 107 Å². The number of hydrogen-bond donors (Lipinski definition) is 0. The van der Waals surface area contributed by atoms with Crippen molar-refractivity contribution in [3.05, 3.63) is 11.6 Å². The van der Waals surface area contributed by atoms with E-state index >= 15 is 0 Å². The molecule has 0 saturated carbocycles. The molecule has 0 radical (unpaired) electrons. The van der Waals surface area contributed by atoms with Gasteiger partial charge in [-0.2, -0.15) is 11.8 Å². The molecule has 0 aromatic carbocycles. The molecular formula is C14H29NS. The lowest BCUT2D eigenvalue weighted by atomic mass is 10.0. The van der Waals surface area contributed by atoms with E-state index in [2.05, 4.69) is 57.6 Å². The van der Waals surface area contributed by atoms with Gasteiger partial charge in [-0.1, -0.05) is 18.6 Å². The van der Waals surface area contributed by atoms with Gasteiger partial charge in [0.05, 0.1) is 0 Å². The van der Waals surface area contributed by atoms with E-state index in [-0.39, 0.29) is 0 Å². The highest BCUT2D eigenvalue weighted by atomic mass is 32.2. The first-order chi connectivity index (χ1) is 7.52. The summed E-state index contributed by atoms with van der Waals surface area (Å²) in [6, 6.07) is 0. The predicted molar refractivity (Wildman–Crippen MR) is 78.3 cm³/mol. The molecule has 0 heterocycles. The molecule has 0 bridgehead atoms. The first kappa shape index (κ1) is 16.1. The second-order valence-electron chi connectivity index (χ2n) is 5.17. The molecule has 0 N–H and O–H groups in total. The third-order valence-electron chi connectivity index (χ3n) is 2.65. The lowest BCUT2D eigenvalue weighted by molar-refractivity contribution is 0.437. The van der Waals surface area contributed by atoms with Crippen molar-refractivity contribution in [1.82, 2.24) is 4.90 Å². The van der Waals surface area contributed by atoms with Gasteiger partial charge < -0.3 is 4.90 Å². The number of hydrogen-bond acceptors (Lipinski definition) is 2. The van der Waals surface area contributed by atoms with Gasteiger partial charge in [0.2, 0.25) is 0 Å². The second-order valence-corrected chi connectivity index (χ2v) is 6.39. The van der Waals surface area contributed by atoms with Crippen molar-refractivity contribution in [3.63, 3.8) is 0 Å². The minimum Gasteiger partial charge on any atom is -0.309 e. The maximum Gasteiger partial charge on any atom is 0.00662 e. The number of rotatable bonds is 9. The summed E-state index contributed by atoms with van der Waals surface area (Å²) in [6.45, 7) is 7.95. The van der Waals surface area contributed by atoms with Crippen LogP contribution in [0.25, 0.3) is 0 Å². The van der Waals surface area contributed by atoms with Crippen LogP contribution in [0.4, 0.5) is 0 Å². The molecule has 0 fully saturated rings. The fourth-order valence-electron chi connectivity index (χ4n) is 1.43. The van der Waals surface area contributed by atoms with Crippen LogP contribution in [0.3, 0.4) is 0 Å². The number of allylic oxidation sites excluding steroid dienone is 2. The Balaban J connectivity index is 3.30. The highest BCUT2D eigenvalue weighted by Crippen LogP contribution is 2.15. The second kappa shape index (κ2) is 10.2. The molecule has 0 amide bonds. The summed E-state index contributed by atoms with van der Waals surface area (Å²) < 4.78 is 0. The third kappa shape index (κ3) is 12.1. The molecule has 1 atom stereocenters. The van der Waals surface area contributed by atoms with Crippen molar-refractivity contribution in [3.8, 4) is 0 Å². The van der Waals surface area contributed by atoms with Crippen LogP contribution in [0, 0.1) is 5.92 Å². The Hall–Kier alpha value is 0.0500. The minimum atomic E-state index is 0.877. The SMILES string of the molecule is CC(C)=CCCC(C)CCSCCN(C)C. The molecule has 0 spiro atoms. The summed E-state index contributed by atoms with van der Waals surface area (Å²) >= 11 is 2.09. The van der Waals surface area contributed by atoms with E-state index in [0.29, 0.717) is 0 Å². The van der Waals surface area contributed by atoms with Crippen LogP contribution in [0.5, 0.6) is 0 Å². The van der Waals surface area contributed by atoms with Gasteiger partial charge in [-0.15, -0.1) is 0 Å². The summed E-state index contributed by atoms with van der Waals surface area (Å²) in [6.07, 6.45) is 6.33. The average molecular weight is 243 g/mol. The van der Waals surface area contributed by atoms with Gasteiger partial charge in [-0.25, -0.2) is 0 Å². The quantitative estimate of drug-likeness (QED) is 0.444. The summed E-state index contributed by atoms with van der Waals surface area (Å²) in [5.41, 5.74) is 1.45. The number of nitrogens with zero attached hydrogens (tertiary/aromatic N) is 1. The Bertz CT molecular complexity index is 183. The largest absolute Gasteiger partial charge is 0.309 e. The van der Waals surface area contributed by atoms with Crippen LogP contribution in [-0.4, -0.2) is 37.0 Å². The maximum absolute atomic E-state index is 2.38. The zero-order valence-corrected chi connectivity index (χ0v) is 12.6. The molecule has 2 heteroatoms. The van der Waals surface area contributed by atoms with Crippen LogP contribution >= 0.6 is 11.8 Å². The first-order valence-corrected chi connectivity index (χ1v) is 7.53. The van der Waals surface area contributed by atoms with Crippen LogP contribution in [0.2, 0.25) is 0 Å². The van der Waals surface area contributed by atoms with E-state index in [1.54, 1.807) is 0 Å². The van der Waals surface area contributed by atoms with Crippen molar-refractivity contribution in [2.24, 2.45) is 5.92 Å². The minimum absolute atomic E-state index is 0.877. The molecule has 16 heavy (non-hydrogen) atoms. The molecule has 0 saturated heterocycles. The molecule has 0 aliphatic heterocycles. The van der Waals surface area contributed by atoms with Gasteiger partial charge >= 0.3 is 0 Å². The Morgan fingerprint density at radius 3 is 2.44 bits per heavy atom. The van der Waals surface area contributed by atoms with E-state index in [0.717, 1.165) is 5.92 Å². The van der Waals surface area contributed by atoms with Crippen molar-refractivity contribution in [2.75, 3.05) is 32.1 Å². The molecule has 1 nitrogen and oxygen atoms in total. The fraction of sp³-hybridized carbons (Fsp3) is 0.857. The standard InChI is InChI=1S/C14H29NS/c1-13(2)7-6-8-14(3)9-11-16-12-10-15(4)5/h7,14H,6,8-12H2,1-5H3. The van der Waals surface area contributed by atoms with Crippen molar-refractivity contribution in [2.45, 2.75) is 40.0 Å². The highest BCUT2D eigenvalue weighted by molar-refractivity contribution is 7.99. The average Bonchev–Trinajstić information content (AvgIpc) is 2.16. The van der Waals surface area contributed by atoms with E-state index < -0.39 is 0 Å².